The highest BCUT2D eigenvalue weighted by Crippen LogP contribution is 2.41. The van der Waals surface area contributed by atoms with Crippen LogP contribution in [0.3, 0.4) is 0 Å². The Morgan fingerprint density at radius 3 is 2.35 bits per heavy atom. The van der Waals surface area contributed by atoms with Crippen LogP contribution in [0.5, 0.6) is 0 Å². The molecule has 138 valence electrons. The van der Waals surface area contributed by atoms with Crippen LogP contribution >= 0.6 is 11.6 Å². The molecule has 0 spiro atoms. The van der Waals surface area contributed by atoms with Gasteiger partial charge >= 0.3 is 0 Å². The smallest absolute Gasteiger partial charge is 0.246 e. The van der Waals surface area contributed by atoms with E-state index in [1.165, 1.54) is 36.4 Å². The number of aryl methyl sites for hydroxylation is 1. The Labute approximate surface area is 157 Å². The Hall–Kier alpha value is -1.92. The van der Waals surface area contributed by atoms with Gasteiger partial charge in [-0.1, -0.05) is 30.5 Å². The van der Waals surface area contributed by atoms with E-state index in [4.69, 9.17) is 11.6 Å². The Bertz CT molecular complexity index is 936. The summed E-state index contributed by atoms with van der Waals surface area (Å²) in [5.41, 5.74) is 0.760. The predicted octanol–water partition coefficient (Wildman–Crippen LogP) is 4.51. The molecule has 1 saturated carbocycles. The maximum atomic E-state index is 14.0. The SMILES string of the molecule is Cc1ccc(F)c(NC(=O)C2(S(=O)(=O)c3ccc(Cl)cc3)CCCC2)c1. The molecule has 1 amide bonds. The van der Waals surface area contributed by atoms with Crippen LogP contribution < -0.4 is 5.32 Å². The van der Waals surface area contributed by atoms with Gasteiger partial charge in [-0.25, -0.2) is 12.8 Å². The summed E-state index contributed by atoms with van der Waals surface area (Å²) in [7, 11) is -3.95. The summed E-state index contributed by atoms with van der Waals surface area (Å²) in [6.45, 7) is 1.77. The van der Waals surface area contributed by atoms with Crippen molar-refractivity contribution in [3.8, 4) is 0 Å². The van der Waals surface area contributed by atoms with Gasteiger partial charge in [0.25, 0.3) is 0 Å². The van der Waals surface area contributed by atoms with Crippen molar-refractivity contribution in [2.45, 2.75) is 42.2 Å². The van der Waals surface area contributed by atoms with Gasteiger partial charge in [-0.2, -0.15) is 0 Å². The summed E-state index contributed by atoms with van der Waals surface area (Å²) in [5, 5.41) is 2.91. The molecule has 0 aromatic heterocycles. The second kappa shape index (κ2) is 7.00. The van der Waals surface area contributed by atoms with Gasteiger partial charge in [0.05, 0.1) is 10.6 Å². The van der Waals surface area contributed by atoms with Crippen molar-refractivity contribution in [2.24, 2.45) is 0 Å². The molecule has 1 fully saturated rings. The predicted molar refractivity (Wildman–Crippen MR) is 99.6 cm³/mol. The summed E-state index contributed by atoms with van der Waals surface area (Å²) >= 11 is 5.84. The van der Waals surface area contributed by atoms with Crippen LogP contribution in [0.15, 0.2) is 47.4 Å². The third kappa shape index (κ3) is 3.23. The third-order valence-corrected chi connectivity index (χ3v) is 7.60. The molecule has 0 saturated heterocycles. The molecule has 4 nitrogen and oxygen atoms in total. The molecule has 3 rings (SSSR count). The number of hydrogen-bond donors (Lipinski definition) is 1. The van der Waals surface area contributed by atoms with Gasteiger partial charge in [0.2, 0.25) is 5.91 Å². The van der Waals surface area contributed by atoms with Crippen molar-refractivity contribution >= 4 is 33.0 Å². The second-order valence-corrected chi connectivity index (χ2v) is 9.29. The summed E-state index contributed by atoms with van der Waals surface area (Å²) in [4.78, 5) is 13.0. The van der Waals surface area contributed by atoms with Crippen LogP contribution in [0, 0.1) is 12.7 Å². The van der Waals surface area contributed by atoms with E-state index in [-0.39, 0.29) is 23.4 Å². The molecular weight excluding hydrogens is 377 g/mol. The van der Waals surface area contributed by atoms with E-state index in [9.17, 15) is 17.6 Å². The maximum absolute atomic E-state index is 14.0. The molecule has 0 aliphatic heterocycles. The number of anilines is 1. The minimum atomic E-state index is -3.95. The summed E-state index contributed by atoms with van der Waals surface area (Å²) in [5.74, 6) is -1.28. The molecule has 7 heteroatoms. The zero-order valence-electron chi connectivity index (χ0n) is 14.3. The Kier molecular flexibility index (Phi) is 5.08. The minimum absolute atomic E-state index is 0.00687. The average molecular weight is 396 g/mol. The molecule has 0 radical (unpaired) electrons. The molecule has 1 N–H and O–H groups in total. The van der Waals surface area contributed by atoms with E-state index in [0.29, 0.717) is 17.9 Å². The van der Waals surface area contributed by atoms with Gasteiger partial charge in [0, 0.05) is 5.02 Å². The van der Waals surface area contributed by atoms with E-state index in [1.807, 2.05) is 0 Å². The number of amides is 1. The number of benzene rings is 2. The first-order chi connectivity index (χ1) is 12.3. The first-order valence-electron chi connectivity index (χ1n) is 8.34. The number of halogens is 2. The molecule has 2 aromatic carbocycles. The standard InChI is InChI=1S/C19H19ClFNO3S/c1-13-4-9-16(21)17(12-13)22-18(23)19(10-2-3-11-19)26(24,25)15-7-5-14(20)6-8-15/h4-9,12H,2-3,10-11H2,1H3,(H,22,23). The van der Waals surface area contributed by atoms with Crippen molar-refractivity contribution in [3.63, 3.8) is 0 Å². The summed E-state index contributed by atoms with van der Waals surface area (Å²) in [6, 6.07) is 10.1. The second-order valence-electron chi connectivity index (χ2n) is 6.60. The minimum Gasteiger partial charge on any atom is -0.322 e. The van der Waals surface area contributed by atoms with E-state index >= 15 is 0 Å². The summed E-state index contributed by atoms with van der Waals surface area (Å²) in [6.07, 6.45) is 1.65. The maximum Gasteiger partial charge on any atom is 0.246 e. The van der Waals surface area contributed by atoms with Crippen LogP contribution in [0.1, 0.15) is 31.2 Å². The molecule has 0 heterocycles. The fourth-order valence-electron chi connectivity index (χ4n) is 3.37. The Morgan fingerprint density at radius 2 is 1.73 bits per heavy atom. The molecule has 1 aliphatic rings. The zero-order valence-corrected chi connectivity index (χ0v) is 15.8. The van der Waals surface area contributed by atoms with Crippen molar-refractivity contribution in [1.82, 2.24) is 0 Å². The highest BCUT2D eigenvalue weighted by atomic mass is 35.5. The Morgan fingerprint density at radius 1 is 1.12 bits per heavy atom. The van der Waals surface area contributed by atoms with Gasteiger partial charge in [-0.15, -0.1) is 0 Å². The molecular formula is C19H19ClFNO3S. The number of sulfone groups is 1. The van der Waals surface area contributed by atoms with E-state index in [0.717, 1.165) is 5.56 Å². The van der Waals surface area contributed by atoms with Gasteiger partial charge < -0.3 is 5.32 Å². The quantitative estimate of drug-likeness (QED) is 0.828. The topological polar surface area (TPSA) is 63.2 Å². The lowest BCUT2D eigenvalue weighted by molar-refractivity contribution is -0.118. The number of carbonyl (C=O) groups excluding carboxylic acids is 1. The number of carbonyl (C=O) groups is 1. The van der Waals surface area contributed by atoms with Crippen LogP contribution in [-0.2, 0) is 14.6 Å². The average Bonchev–Trinajstić information content (AvgIpc) is 3.10. The molecule has 26 heavy (non-hydrogen) atoms. The van der Waals surface area contributed by atoms with Crippen LogP contribution in [0.2, 0.25) is 5.02 Å². The lowest BCUT2D eigenvalue weighted by atomic mass is 10.1. The van der Waals surface area contributed by atoms with E-state index in [1.54, 1.807) is 13.0 Å². The highest BCUT2D eigenvalue weighted by Gasteiger charge is 2.53. The van der Waals surface area contributed by atoms with Crippen LogP contribution in [0.4, 0.5) is 10.1 Å². The molecule has 0 bridgehead atoms. The van der Waals surface area contributed by atoms with Gasteiger partial charge in [-0.05, 0) is 61.7 Å². The van der Waals surface area contributed by atoms with Crippen LogP contribution in [-0.4, -0.2) is 19.1 Å². The summed E-state index contributed by atoms with van der Waals surface area (Å²) < 4.78 is 38.9. The van der Waals surface area contributed by atoms with Crippen LogP contribution in [0.25, 0.3) is 0 Å². The molecule has 0 atom stereocenters. The molecule has 2 aromatic rings. The van der Waals surface area contributed by atoms with Gasteiger partial charge in [0.1, 0.15) is 5.82 Å². The zero-order chi connectivity index (χ0) is 18.9. The van der Waals surface area contributed by atoms with Crippen molar-refractivity contribution < 1.29 is 17.6 Å². The molecule has 1 aliphatic carbocycles. The normalized spacial score (nSPS) is 16.4. The lowest BCUT2D eigenvalue weighted by Crippen LogP contribution is -2.47. The first-order valence-corrected chi connectivity index (χ1v) is 10.2. The third-order valence-electron chi connectivity index (χ3n) is 4.83. The highest BCUT2D eigenvalue weighted by molar-refractivity contribution is 7.93. The number of nitrogens with one attached hydrogen (secondary N) is 1. The Balaban J connectivity index is 2.01. The first kappa shape index (κ1) is 18.9. The van der Waals surface area contributed by atoms with Gasteiger partial charge in [-0.3, -0.25) is 4.79 Å². The van der Waals surface area contributed by atoms with Gasteiger partial charge in [0.15, 0.2) is 14.6 Å². The largest absolute Gasteiger partial charge is 0.322 e. The number of hydrogen-bond acceptors (Lipinski definition) is 3. The fraction of sp³-hybridized carbons (Fsp3) is 0.316. The lowest BCUT2D eigenvalue weighted by Gasteiger charge is -2.28. The van der Waals surface area contributed by atoms with Crippen molar-refractivity contribution in [3.05, 3.63) is 58.9 Å². The van der Waals surface area contributed by atoms with E-state index in [2.05, 4.69) is 5.32 Å². The van der Waals surface area contributed by atoms with Crippen molar-refractivity contribution in [2.75, 3.05) is 5.32 Å². The van der Waals surface area contributed by atoms with E-state index < -0.39 is 26.3 Å². The molecule has 0 unspecified atom stereocenters. The monoisotopic (exact) mass is 395 g/mol. The van der Waals surface area contributed by atoms with Crippen molar-refractivity contribution in [1.29, 1.82) is 0 Å². The number of rotatable bonds is 4. The fourth-order valence-corrected chi connectivity index (χ4v) is 5.57.